The van der Waals surface area contributed by atoms with Crippen LogP contribution in [-0.4, -0.2) is 31.7 Å². The number of anilines is 2. The second-order valence-electron chi connectivity index (χ2n) is 5.87. The summed E-state index contributed by atoms with van der Waals surface area (Å²) in [5.74, 6) is 1.37. The number of carbonyl (C=O) groups is 2. The van der Waals surface area contributed by atoms with Gasteiger partial charge in [-0.25, -0.2) is 4.79 Å². The van der Waals surface area contributed by atoms with E-state index in [1.807, 2.05) is 18.2 Å². The molecule has 0 aliphatic carbocycles. The van der Waals surface area contributed by atoms with Crippen molar-refractivity contribution in [2.24, 2.45) is 0 Å². The molecule has 0 saturated heterocycles. The van der Waals surface area contributed by atoms with E-state index in [0.29, 0.717) is 37.6 Å². The lowest BCUT2D eigenvalue weighted by Crippen LogP contribution is -2.30. The average Bonchev–Trinajstić information content (AvgIpc) is 2.63. The molecule has 3 N–H and O–H groups in total. The van der Waals surface area contributed by atoms with Gasteiger partial charge in [-0.2, -0.15) is 0 Å². The van der Waals surface area contributed by atoms with Gasteiger partial charge in [0.2, 0.25) is 5.91 Å². The molecule has 0 atom stereocenters. The zero-order chi connectivity index (χ0) is 18.4. The molecule has 7 nitrogen and oxygen atoms in total. The van der Waals surface area contributed by atoms with Gasteiger partial charge in [-0.3, -0.25) is 4.79 Å². The summed E-state index contributed by atoms with van der Waals surface area (Å²) in [6, 6.07) is 12.4. The highest BCUT2D eigenvalue weighted by atomic mass is 16.6. The van der Waals surface area contributed by atoms with E-state index in [1.165, 1.54) is 6.92 Å². The summed E-state index contributed by atoms with van der Waals surface area (Å²) in [4.78, 5) is 22.9. The maximum atomic E-state index is 12.0. The number of nitrogens with one attached hydrogen (secondary N) is 3. The number of hydrogen-bond donors (Lipinski definition) is 3. The summed E-state index contributed by atoms with van der Waals surface area (Å²) >= 11 is 0. The number of amides is 3. The first kappa shape index (κ1) is 17.6. The minimum absolute atomic E-state index is 0.136. The zero-order valence-corrected chi connectivity index (χ0v) is 14.5. The Morgan fingerprint density at radius 3 is 2.27 bits per heavy atom. The lowest BCUT2D eigenvalue weighted by atomic mass is 10.1. The van der Waals surface area contributed by atoms with Crippen LogP contribution in [0.4, 0.5) is 16.2 Å². The Morgan fingerprint density at radius 1 is 0.923 bits per heavy atom. The van der Waals surface area contributed by atoms with Crippen molar-refractivity contribution < 1.29 is 19.1 Å². The van der Waals surface area contributed by atoms with Crippen LogP contribution in [0.2, 0.25) is 0 Å². The molecule has 7 heteroatoms. The predicted octanol–water partition coefficient (Wildman–Crippen LogP) is 2.78. The molecule has 3 amide bonds. The van der Waals surface area contributed by atoms with Crippen molar-refractivity contribution in [1.82, 2.24) is 5.32 Å². The molecule has 2 aromatic carbocycles. The van der Waals surface area contributed by atoms with Crippen LogP contribution in [-0.2, 0) is 11.2 Å². The van der Waals surface area contributed by atoms with Gasteiger partial charge in [0.25, 0.3) is 0 Å². The number of carbonyl (C=O) groups excluding carboxylic acids is 2. The third-order valence-electron chi connectivity index (χ3n) is 3.77. The Bertz CT molecular complexity index is 790. The maximum Gasteiger partial charge on any atom is 0.319 e. The van der Waals surface area contributed by atoms with Gasteiger partial charge < -0.3 is 25.4 Å². The largest absolute Gasteiger partial charge is 0.486 e. The lowest BCUT2D eigenvalue weighted by molar-refractivity contribution is -0.114. The summed E-state index contributed by atoms with van der Waals surface area (Å²) in [6.07, 6.45) is 0.686. The minimum atomic E-state index is -0.283. The highest BCUT2D eigenvalue weighted by molar-refractivity contribution is 5.91. The maximum absolute atomic E-state index is 12.0. The Balaban J connectivity index is 1.45. The Hall–Kier alpha value is -3.22. The van der Waals surface area contributed by atoms with Crippen molar-refractivity contribution in [1.29, 1.82) is 0 Å². The van der Waals surface area contributed by atoms with Crippen molar-refractivity contribution in [3.8, 4) is 11.5 Å². The van der Waals surface area contributed by atoms with E-state index in [1.54, 1.807) is 24.3 Å². The van der Waals surface area contributed by atoms with E-state index in [9.17, 15) is 9.59 Å². The molecular weight excluding hydrogens is 334 g/mol. The van der Waals surface area contributed by atoms with Gasteiger partial charge in [-0.1, -0.05) is 6.07 Å². The average molecular weight is 355 g/mol. The molecule has 0 unspecified atom stereocenters. The van der Waals surface area contributed by atoms with Crippen molar-refractivity contribution in [3.63, 3.8) is 0 Å². The van der Waals surface area contributed by atoms with Crippen LogP contribution in [0.1, 0.15) is 12.5 Å². The SMILES string of the molecule is CC(=O)Nc1ccc(NC(=O)NCCc2ccc3c(c2)OCCO3)cc1. The third-order valence-corrected chi connectivity index (χ3v) is 3.77. The van der Waals surface area contributed by atoms with Crippen molar-refractivity contribution >= 4 is 23.3 Å². The molecule has 0 spiro atoms. The third kappa shape index (κ3) is 4.89. The first-order chi connectivity index (χ1) is 12.6. The molecule has 2 aromatic rings. The normalized spacial score (nSPS) is 12.2. The fourth-order valence-electron chi connectivity index (χ4n) is 2.58. The number of fused-ring (bicyclic) bond motifs is 1. The van der Waals surface area contributed by atoms with E-state index in [4.69, 9.17) is 9.47 Å². The molecule has 136 valence electrons. The predicted molar refractivity (Wildman–Crippen MR) is 98.9 cm³/mol. The molecule has 0 aromatic heterocycles. The molecule has 0 saturated carbocycles. The van der Waals surface area contributed by atoms with Crippen molar-refractivity contribution in [2.45, 2.75) is 13.3 Å². The van der Waals surface area contributed by atoms with Crippen LogP contribution in [0, 0.1) is 0 Å². The molecule has 0 fully saturated rings. The first-order valence-electron chi connectivity index (χ1n) is 8.41. The number of rotatable bonds is 5. The van der Waals surface area contributed by atoms with Gasteiger partial charge in [-0.05, 0) is 48.4 Å². The Labute approximate surface area is 151 Å². The fraction of sp³-hybridized carbons (Fsp3) is 0.263. The number of hydrogen-bond acceptors (Lipinski definition) is 4. The summed E-state index contributed by atoms with van der Waals surface area (Å²) in [5, 5.41) is 8.24. The molecule has 1 heterocycles. The number of urea groups is 1. The lowest BCUT2D eigenvalue weighted by Gasteiger charge is -2.18. The zero-order valence-electron chi connectivity index (χ0n) is 14.5. The summed E-state index contributed by atoms with van der Waals surface area (Å²) in [6.45, 7) is 3.06. The highest BCUT2D eigenvalue weighted by Gasteiger charge is 2.11. The Kier molecular flexibility index (Phi) is 5.58. The fourth-order valence-corrected chi connectivity index (χ4v) is 2.58. The standard InChI is InChI=1S/C19H21N3O4/c1-13(23)21-15-3-5-16(6-4-15)22-19(24)20-9-8-14-2-7-17-18(12-14)26-11-10-25-17/h2-7,12H,8-11H2,1H3,(H,21,23)(H2,20,22,24). The van der Waals surface area contributed by atoms with Crippen LogP contribution in [0.3, 0.4) is 0 Å². The monoisotopic (exact) mass is 355 g/mol. The smallest absolute Gasteiger partial charge is 0.319 e. The second kappa shape index (κ2) is 8.24. The second-order valence-corrected chi connectivity index (χ2v) is 5.87. The van der Waals surface area contributed by atoms with Gasteiger partial charge in [0, 0.05) is 24.8 Å². The summed E-state index contributed by atoms with van der Waals surface area (Å²) in [5.41, 5.74) is 2.40. The van der Waals surface area contributed by atoms with Crippen molar-refractivity contribution in [3.05, 3.63) is 48.0 Å². The van der Waals surface area contributed by atoms with E-state index >= 15 is 0 Å². The van der Waals surface area contributed by atoms with E-state index in [2.05, 4.69) is 16.0 Å². The summed E-state index contributed by atoms with van der Waals surface area (Å²) in [7, 11) is 0. The van der Waals surface area contributed by atoms with Crippen LogP contribution >= 0.6 is 0 Å². The van der Waals surface area contributed by atoms with Crippen LogP contribution < -0.4 is 25.4 Å². The quantitative estimate of drug-likeness (QED) is 0.769. The molecule has 1 aliphatic heterocycles. The van der Waals surface area contributed by atoms with Crippen molar-refractivity contribution in [2.75, 3.05) is 30.4 Å². The minimum Gasteiger partial charge on any atom is -0.486 e. The van der Waals surface area contributed by atoms with Crippen LogP contribution in [0.5, 0.6) is 11.5 Å². The van der Waals surface area contributed by atoms with Gasteiger partial charge in [0.15, 0.2) is 11.5 Å². The topological polar surface area (TPSA) is 88.7 Å². The highest BCUT2D eigenvalue weighted by Crippen LogP contribution is 2.30. The van der Waals surface area contributed by atoms with Gasteiger partial charge >= 0.3 is 6.03 Å². The molecule has 0 radical (unpaired) electrons. The van der Waals surface area contributed by atoms with E-state index in [0.717, 1.165) is 17.1 Å². The molecule has 0 bridgehead atoms. The number of ether oxygens (including phenoxy) is 2. The summed E-state index contributed by atoms with van der Waals surface area (Å²) < 4.78 is 11.0. The van der Waals surface area contributed by atoms with Crippen LogP contribution in [0.25, 0.3) is 0 Å². The Morgan fingerprint density at radius 2 is 1.58 bits per heavy atom. The number of benzene rings is 2. The first-order valence-corrected chi connectivity index (χ1v) is 8.41. The molecular formula is C19H21N3O4. The van der Waals surface area contributed by atoms with E-state index < -0.39 is 0 Å². The van der Waals surface area contributed by atoms with E-state index in [-0.39, 0.29) is 11.9 Å². The van der Waals surface area contributed by atoms with Gasteiger partial charge in [0.1, 0.15) is 13.2 Å². The molecule has 1 aliphatic rings. The molecule has 26 heavy (non-hydrogen) atoms. The molecule has 3 rings (SSSR count). The van der Waals surface area contributed by atoms with Gasteiger partial charge in [0.05, 0.1) is 0 Å². The van der Waals surface area contributed by atoms with Crippen LogP contribution in [0.15, 0.2) is 42.5 Å². The van der Waals surface area contributed by atoms with Gasteiger partial charge in [-0.15, -0.1) is 0 Å².